The van der Waals surface area contributed by atoms with E-state index in [1.807, 2.05) is 22.8 Å². The molecule has 0 aliphatic carbocycles. The SMILES string of the molecule is CCON=C(C(=O)NC1C(=O)N2C(OC(=O)O)=C(C[n+]3ccccc3)CS[C@@H]12)c1nsc(NP(N)(=O)O)n1. The van der Waals surface area contributed by atoms with Crippen LogP contribution in [0.5, 0.6) is 0 Å². The molecule has 2 amide bonds. The van der Waals surface area contributed by atoms with E-state index in [1.54, 1.807) is 19.3 Å². The third-order valence-electron chi connectivity index (χ3n) is 5.01. The fourth-order valence-corrected chi connectivity index (χ4v) is 6.12. The minimum absolute atomic E-state index is 0.0941. The number of nitrogens with one attached hydrogen (secondary N) is 2. The molecule has 2 aromatic heterocycles. The Labute approximate surface area is 223 Å². The minimum Gasteiger partial charge on any atom is -0.449 e. The maximum Gasteiger partial charge on any atom is 0.512 e. The molecule has 6 N–H and O–H groups in total. The van der Waals surface area contributed by atoms with E-state index in [0.717, 1.165) is 0 Å². The number of hydrogen-bond acceptors (Lipinski definition) is 11. The number of carboxylic acid groups (broad SMARTS) is 1. The number of aromatic nitrogens is 3. The first-order chi connectivity index (χ1) is 18.1. The number of ether oxygens (including phenoxy) is 1. The van der Waals surface area contributed by atoms with E-state index in [0.29, 0.717) is 29.4 Å². The van der Waals surface area contributed by atoms with Crippen LogP contribution in [0, 0.1) is 0 Å². The van der Waals surface area contributed by atoms with Gasteiger partial charge >= 0.3 is 13.8 Å². The molecule has 2 aliphatic heterocycles. The second-order valence-corrected chi connectivity index (χ2v) is 11.0. The molecule has 16 nitrogen and oxygen atoms in total. The molecular formula is C19H22N8O8PS2+. The standard InChI is InChI=1S/C19H21N8O8PS2/c1-2-34-23-11(13-22-18(38-25-13)24-36(20,32)33)14(28)21-12-15(29)27-16(35-19(30)31)10(9-37-17(12)27)8-26-6-4-3-5-7-26/h3-7,12,17H,2,8-9H2,1H3,(H5-,20,21,22,24,25,28,30,31,32,33)/p+1/t12?,17-/m0/s1. The second kappa shape index (κ2) is 11.4. The number of anilines is 1. The van der Waals surface area contributed by atoms with Crippen molar-refractivity contribution in [3.8, 4) is 0 Å². The van der Waals surface area contributed by atoms with E-state index >= 15 is 0 Å². The van der Waals surface area contributed by atoms with Crippen molar-refractivity contribution >= 4 is 59.8 Å². The van der Waals surface area contributed by atoms with Gasteiger partial charge in [-0.15, -0.1) is 11.8 Å². The lowest BCUT2D eigenvalue weighted by Gasteiger charge is -2.48. The van der Waals surface area contributed by atoms with Gasteiger partial charge in [0, 0.05) is 29.4 Å². The van der Waals surface area contributed by atoms with Crippen molar-refractivity contribution in [1.29, 1.82) is 0 Å². The van der Waals surface area contributed by atoms with Crippen LogP contribution in [0.3, 0.4) is 0 Å². The van der Waals surface area contributed by atoms with Gasteiger partial charge in [0.05, 0.1) is 5.57 Å². The van der Waals surface area contributed by atoms with Crippen LogP contribution in [0.4, 0.5) is 9.93 Å². The molecule has 0 spiro atoms. The zero-order valence-electron chi connectivity index (χ0n) is 19.6. The van der Waals surface area contributed by atoms with E-state index in [2.05, 4.69) is 24.9 Å². The van der Waals surface area contributed by atoms with E-state index < -0.39 is 37.1 Å². The molecule has 0 aromatic carbocycles. The lowest BCUT2D eigenvalue weighted by atomic mass is 10.1. The molecule has 0 saturated carbocycles. The number of carbonyl (C=O) groups is 3. The molecule has 2 aliphatic rings. The van der Waals surface area contributed by atoms with E-state index in [1.165, 1.54) is 16.7 Å². The van der Waals surface area contributed by atoms with Crippen molar-refractivity contribution in [2.75, 3.05) is 17.4 Å². The summed E-state index contributed by atoms with van der Waals surface area (Å²) in [6, 6.07) is 4.43. The van der Waals surface area contributed by atoms with E-state index in [9.17, 15) is 28.9 Å². The number of thioether (sulfide) groups is 1. The van der Waals surface area contributed by atoms with Gasteiger partial charge in [0.2, 0.25) is 22.6 Å². The number of nitrogens with two attached hydrogens (primary N) is 1. The Kier molecular flexibility index (Phi) is 8.27. The van der Waals surface area contributed by atoms with Gasteiger partial charge in [-0.3, -0.25) is 19.6 Å². The van der Waals surface area contributed by atoms with Crippen molar-refractivity contribution < 1.29 is 43.1 Å². The number of pyridine rings is 1. The van der Waals surface area contributed by atoms with Crippen molar-refractivity contribution in [3.05, 3.63) is 47.9 Å². The topological polar surface area (TPSA) is 223 Å². The van der Waals surface area contributed by atoms with E-state index in [4.69, 9.17) is 15.1 Å². The summed E-state index contributed by atoms with van der Waals surface area (Å²) >= 11 is 1.98. The van der Waals surface area contributed by atoms with Crippen LogP contribution in [0.1, 0.15) is 12.7 Å². The molecule has 1 saturated heterocycles. The van der Waals surface area contributed by atoms with Gasteiger partial charge < -0.3 is 24.9 Å². The maximum atomic E-state index is 13.1. The molecule has 38 heavy (non-hydrogen) atoms. The number of fused-ring (bicyclic) bond motifs is 1. The first-order valence-corrected chi connectivity index (χ1v) is 14.4. The van der Waals surface area contributed by atoms with Gasteiger partial charge in [-0.05, 0) is 6.92 Å². The average Bonchev–Trinajstić information content (AvgIpc) is 3.30. The van der Waals surface area contributed by atoms with Crippen molar-refractivity contribution in [2.45, 2.75) is 24.9 Å². The molecule has 0 radical (unpaired) electrons. The zero-order chi connectivity index (χ0) is 27.4. The highest BCUT2D eigenvalue weighted by Gasteiger charge is 2.54. The van der Waals surface area contributed by atoms with Crippen LogP contribution in [-0.2, 0) is 30.3 Å². The molecule has 2 unspecified atom stereocenters. The van der Waals surface area contributed by atoms with Gasteiger partial charge in [-0.2, -0.15) is 9.36 Å². The Hall–Kier alpha value is -3.57. The molecule has 3 atom stereocenters. The van der Waals surface area contributed by atoms with Crippen molar-refractivity contribution in [2.24, 2.45) is 10.7 Å². The Bertz CT molecular complexity index is 1350. The lowest BCUT2D eigenvalue weighted by molar-refractivity contribution is -0.689. The van der Waals surface area contributed by atoms with Gasteiger partial charge in [-0.25, -0.2) is 19.4 Å². The normalized spacial score (nSPS) is 20.7. The van der Waals surface area contributed by atoms with Crippen molar-refractivity contribution in [3.63, 3.8) is 0 Å². The largest absolute Gasteiger partial charge is 0.512 e. The highest BCUT2D eigenvalue weighted by molar-refractivity contribution is 8.00. The second-order valence-electron chi connectivity index (χ2n) is 7.70. The molecule has 4 heterocycles. The number of carbonyl (C=O) groups excluding carboxylic acids is 2. The number of rotatable bonds is 10. The Morgan fingerprint density at radius 3 is 2.76 bits per heavy atom. The lowest BCUT2D eigenvalue weighted by Crippen LogP contribution is -2.70. The fraction of sp³-hybridized carbons (Fsp3) is 0.316. The maximum absolute atomic E-state index is 13.1. The summed E-state index contributed by atoms with van der Waals surface area (Å²) in [5, 5.41) is 16.8. The van der Waals surface area contributed by atoms with Crippen LogP contribution in [0.2, 0.25) is 0 Å². The third-order valence-corrected chi connectivity index (χ3v) is 7.66. The summed E-state index contributed by atoms with van der Waals surface area (Å²) in [5.74, 6) is -1.42. The summed E-state index contributed by atoms with van der Waals surface area (Å²) in [7, 11) is -4.16. The van der Waals surface area contributed by atoms with E-state index in [-0.39, 0.29) is 29.2 Å². The quantitative estimate of drug-likeness (QED) is 0.0621. The smallest absolute Gasteiger partial charge is 0.449 e. The molecule has 19 heteroatoms. The highest BCUT2D eigenvalue weighted by atomic mass is 32.2. The number of β-lactam (4-membered cyclic amide) rings is 1. The number of nitrogens with zero attached hydrogens (tertiary/aromatic N) is 5. The van der Waals surface area contributed by atoms with Gasteiger partial charge in [0.1, 0.15) is 18.0 Å². The summed E-state index contributed by atoms with van der Waals surface area (Å²) in [6.07, 6.45) is 2.02. The van der Waals surface area contributed by atoms with Crippen LogP contribution < -0.4 is 20.5 Å². The number of oxime groups is 1. The predicted molar refractivity (Wildman–Crippen MR) is 134 cm³/mol. The third kappa shape index (κ3) is 6.28. The van der Waals surface area contributed by atoms with Crippen LogP contribution in [0.15, 0.2) is 47.2 Å². The molecule has 1 fully saturated rings. The Balaban J connectivity index is 1.52. The zero-order valence-corrected chi connectivity index (χ0v) is 22.1. The molecule has 0 bridgehead atoms. The summed E-state index contributed by atoms with van der Waals surface area (Å²) in [5.41, 5.74) is 5.26. The van der Waals surface area contributed by atoms with Crippen molar-refractivity contribution in [1.82, 2.24) is 19.6 Å². The van der Waals surface area contributed by atoms with Gasteiger partial charge in [0.15, 0.2) is 18.9 Å². The predicted octanol–water partition coefficient (Wildman–Crippen LogP) is 0.0435. The number of hydrogen-bond donors (Lipinski definition) is 5. The van der Waals surface area contributed by atoms with Crippen LogP contribution in [-0.4, -0.2) is 71.7 Å². The van der Waals surface area contributed by atoms with Crippen LogP contribution in [0.25, 0.3) is 0 Å². The Morgan fingerprint density at radius 1 is 1.37 bits per heavy atom. The summed E-state index contributed by atoms with van der Waals surface area (Å²) in [6.45, 7) is 2.04. The summed E-state index contributed by atoms with van der Waals surface area (Å²) < 4.78 is 22.1. The Morgan fingerprint density at radius 2 is 2.11 bits per heavy atom. The van der Waals surface area contributed by atoms with Gasteiger partial charge in [0.25, 0.3) is 11.8 Å². The van der Waals surface area contributed by atoms with Gasteiger partial charge in [-0.1, -0.05) is 11.2 Å². The molecule has 2 aromatic rings. The number of amides is 2. The van der Waals surface area contributed by atoms with Crippen LogP contribution >= 0.6 is 31.0 Å². The molecular weight excluding hydrogens is 563 g/mol. The monoisotopic (exact) mass is 585 g/mol. The minimum atomic E-state index is -4.16. The highest BCUT2D eigenvalue weighted by Crippen LogP contribution is 2.41. The first kappa shape index (κ1) is 27.5. The molecule has 4 rings (SSSR count). The first-order valence-electron chi connectivity index (χ1n) is 10.8. The summed E-state index contributed by atoms with van der Waals surface area (Å²) in [4.78, 5) is 56.9. The average molecular weight is 586 g/mol. The molecule has 202 valence electrons. The fourth-order valence-electron chi connectivity index (χ4n) is 3.50.